The number of aryl methyl sites for hydroxylation is 1. The van der Waals surface area contributed by atoms with E-state index < -0.39 is 10.8 Å². The Bertz CT molecular complexity index is 704. The maximum absolute atomic E-state index is 12.5. The highest BCUT2D eigenvalue weighted by Gasteiger charge is 2.15. The first-order valence-electron chi connectivity index (χ1n) is 6.36. The van der Waals surface area contributed by atoms with Crippen molar-refractivity contribution in [2.75, 3.05) is 12.8 Å². The molecule has 21 heavy (non-hydrogen) atoms. The highest BCUT2D eigenvalue weighted by atomic mass is 79.9. The Morgan fingerprint density at radius 3 is 2.71 bits per heavy atom. The van der Waals surface area contributed by atoms with Crippen LogP contribution in [-0.2, 0) is 16.6 Å². The lowest BCUT2D eigenvalue weighted by molar-refractivity contribution is 0.407. The molecule has 1 unspecified atom stereocenters. The number of ether oxygens (including phenoxy) is 1. The zero-order valence-electron chi connectivity index (χ0n) is 12.1. The highest BCUT2D eigenvalue weighted by Crippen LogP contribution is 2.27. The minimum atomic E-state index is -1.25. The van der Waals surface area contributed by atoms with Gasteiger partial charge >= 0.3 is 0 Å². The fourth-order valence-electron chi connectivity index (χ4n) is 2.15. The Morgan fingerprint density at radius 1 is 1.38 bits per heavy atom. The fraction of sp³-hybridized carbons (Fsp3) is 0.267. The van der Waals surface area contributed by atoms with Gasteiger partial charge in [-0.3, -0.25) is 9.19 Å². The van der Waals surface area contributed by atoms with Gasteiger partial charge in [0.2, 0.25) is 0 Å². The van der Waals surface area contributed by atoms with Gasteiger partial charge in [-0.25, -0.2) is 0 Å². The molecule has 6 heteroatoms. The monoisotopic (exact) mass is 368 g/mol. The number of pyridine rings is 1. The van der Waals surface area contributed by atoms with Gasteiger partial charge in [0.15, 0.2) is 0 Å². The number of anilines is 1. The van der Waals surface area contributed by atoms with Crippen LogP contribution in [-0.4, -0.2) is 16.3 Å². The fourth-order valence-corrected chi connectivity index (χ4v) is 3.76. The number of methoxy groups -OCH3 is 1. The Kier molecular flexibility index (Phi) is 5.00. The molecule has 1 aromatic heterocycles. The van der Waals surface area contributed by atoms with E-state index in [2.05, 4.69) is 20.9 Å². The molecule has 0 amide bonds. The molecular formula is C15H17BrN2O2S. The summed E-state index contributed by atoms with van der Waals surface area (Å²) in [7, 11) is 0.383. The molecule has 0 bridgehead atoms. The van der Waals surface area contributed by atoms with Crippen molar-refractivity contribution in [2.45, 2.75) is 24.5 Å². The van der Waals surface area contributed by atoms with E-state index in [1.807, 2.05) is 19.9 Å². The molecule has 0 saturated carbocycles. The van der Waals surface area contributed by atoms with Crippen LogP contribution in [0.1, 0.15) is 16.8 Å². The summed E-state index contributed by atoms with van der Waals surface area (Å²) in [6.45, 7) is 3.86. The van der Waals surface area contributed by atoms with Gasteiger partial charge in [0, 0.05) is 27.5 Å². The first-order chi connectivity index (χ1) is 9.93. The molecule has 1 aromatic carbocycles. The molecular weight excluding hydrogens is 352 g/mol. The zero-order valence-corrected chi connectivity index (χ0v) is 14.5. The molecule has 2 aromatic rings. The van der Waals surface area contributed by atoms with Gasteiger partial charge in [-0.05, 0) is 32.0 Å². The Balaban J connectivity index is 2.32. The number of hydrogen-bond acceptors (Lipinski definition) is 4. The third-order valence-electron chi connectivity index (χ3n) is 3.23. The summed E-state index contributed by atoms with van der Waals surface area (Å²) < 4.78 is 18.8. The SMILES string of the molecule is COc1c(C)cnc(CS(=O)c2ccc(Br)cc2N)c1C. The maximum atomic E-state index is 12.5. The van der Waals surface area contributed by atoms with Crippen LogP contribution in [0.15, 0.2) is 33.8 Å². The maximum Gasteiger partial charge on any atom is 0.128 e. The molecule has 0 aliphatic heterocycles. The Hall–Kier alpha value is -1.40. The molecule has 0 spiro atoms. The van der Waals surface area contributed by atoms with Crippen LogP contribution in [0.3, 0.4) is 0 Å². The lowest BCUT2D eigenvalue weighted by Crippen LogP contribution is -2.05. The van der Waals surface area contributed by atoms with Crippen LogP contribution in [0.4, 0.5) is 5.69 Å². The molecule has 0 aliphatic carbocycles. The third kappa shape index (κ3) is 3.44. The molecule has 2 N–H and O–H groups in total. The standard InChI is InChI=1S/C15H17BrN2O2S/c1-9-7-18-13(10(2)15(9)20-3)8-21(19)14-5-4-11(16)6-12(14)17/h4-7H,8,17H2,1-3H3. The van der Waals surface area contributed by atoms with Crippen molar-refractivity contribution in [1.29, 1.82) is 0 Å². The van der Waals surface area contributed by atoms with E-state index in [0.717, 1.165) is 27.0 Å². The number of rotatable bonds is 4. The van der Waals surface area contributed by atoms with Gasteiger partial charge < -0.3 is 10.5 Å². The predicted molar refractivity (Wildman–Crippen MR) is 88.9 cm³/mol. The molecule has 112 valence electrons. The van der Waals surface area contributed by atoms with E-state index >= 15 is 0 Å². The number of hydrogen-bond donors (Lipinski definition) is 1. The van der Waals surface area contributed by atoms with Crippen LogP contribution < -0.4 is 10.5 Å². The van der Waals surface area contributed by atoms with Gasteiger partial charge in [0.05, 0.1) is 34.3 Å². The molecule has 0 saturated heterocycles. The van der Waals surface area contributed by atoms with Crippen LogP contribution in [0.25, 0.3) is 0 Å². The van der Waals surface area contributed by atoms with Crippen LogP contribution >= 0.6 is 15.9 Å². The number of nitrogen functional groups attached to an aromatic ring is 1. The van der Waals surface area contributed by atoms with Gasteiger partial charge in [-0.15, -0.1) is 0 Å². The predicted octanol–water partition coefficient (Wildman–Crippen LogP) is 3.36. The van der Waals surface area contributed by atoms with Crippen molar-refractivity contribution in [1.82, 2.24) is 4.98 Å². The van der Waals surface area contributed by atoms with Gasteiger partial charge in [0.25, 0.3) is 0 Å². The molecule has 4 nitrogen and oxygen atoms in total. The molecule has 0 aliphatic rings. The van der Waals surface area contributed by atoms with Crippen molar-refractivity contribution in [3.63, 3.8) is 0 Å². The van der Waals surface area contributed by atoms with E-state index in [4.69, 9.17) is 10.5 Å². The largest absolute Gasteiger partial charge is 0.496 e. The third-order valence-corrected chi connectivity index (χ3v) is 5.13. The number of halogens is 1. The molecule has 0 fully saturated rings. The summed E-state index contributed by atoms with van der Waals surface area (Å²) in [5.74, 6) is 1.11. The minimum Gasteiger partial charge on any atom is -0.496 e. The van der Waals surface area contributed by atoms with E-state index in [9.17, 15) is 4.21 Å². The summed E-state index contributed by atoms with van der Waals surface area (Å²) in [5, 5.41) is 0. The van der Waals surface area contributed by atoms with Crippen LogP contribution in [0.2, 0.25) is 0 Å². The van der Waals surface area contributed by atoms with E-state index in [1.54, 1.807) is 25.4 Å². The first kappa shape index (κ1) is 16.0. The summed E-state index contributed by atoms with van der Waals surface area (Å²) >= 11 is 3.34. The Morgan fingerprint density at radius 2 is 2.10 bits per heavy atom. The van der Waals surface area contributed by atoms with E-state index in [0.29, 0.717) is 16.3 Å². The highest BCUT2D eigenvalue weighted by molar-refractivity contribution is 9.10. The summed E-state index contributed by atoms with van der Waals surface area (Å²) in [6.07, 6.45) is 1.74. The average molecular weight is 369 g/mol. The quantitative estimate of drug-likeness (QED) is 0.840. The second-order valence-electron chi connectivity index (χ2n) is 4.72. The first-order valence-corrected chi connectivity index (χ1v) is 8.47. The molecule has 1 atom stereocenters. The number of benzene rings is 1. The molecule has 1 heterocycles. The van der Waals surface area contributed by atoms with Gasteiger partial charge in [-0.2, -0.15) is 0 Å². The van der Waals surface area contributed by atoms with Gasteiger partial charge in [0.1, 0.15) is 5.75 Å². The van der Waals surface area contributed by atoms with Crippen molar-refractivity contribution < 1.29 is 8.95 Å². The normalized spacial score (nSPS) is 12.2. The molecule has 0 radical (unpaired) electrons. The second-order valence-corrected chi connectivity index (χ2v) is 7.05. The topological polar surface area (TPSA) is 65.2 Å². The van der Waals surface area contributed by atoms with Crippen molar-refractivity contribution in [3.8, 4) is 5.75 Å². The minimum absolute atomic E-state index is 0.314. The summed E-state index contributed by atoms with van der Waals surface area (Å²) in [5.41, 5.74) is 9.09. The zero-order chi connectivity index (χ0) is 15.6. The van der Waals surface area contributed by atoms with E-state index in [-0.39, 0.29) is 0 Å². The van der Waals surface area contributed by atoms with Crippen molar-refractivity contribution in [3.05, 3.63) is 45.7 Å². The summed E-state index contributed by atoms with van der Waals surface area (Å²) in [4.78, 5) is 5.00. The van der Waals surface area contributed by atoms with Crippen LogP contribution in [0, 0.1) is 13.8 Å². The van der Waals surface area contributed by atoms with Crippen molar-refractivity contribution in [2.24, 2.45) is 0 Å². The smallest absolute Gasteiger partial charge is 0.128 e. The van der Waals surface area contributed by atoms with Gasteiger partial charge in [-0.1, -0.05) is 15.9 Å². The van der Waals surface area contributed by atoms with Crippen LogP contribution in [0.5, 0.6) is 5.75 Å². The average Bonchev–Trinajstić information content (AvgIpc) is 2.42. The molecule has 2 rings (SSSR count). The summed E-state index contributed by atoms with van der Waals surface area (Å²) in [6, 6.07) is 5.36. The van der Waals surface area contributed by atoms with Crippen molar-refractivity contribution >= 4 is 32.4 Å². The van der Waals surface area contributed by atoms with E-state index in [1.165, 1.54) is 0 Å². The number of nitrogens with two attached hydrogens (primary N) is 1. The Labute approximate surface area is 135 Å². The lowest BCUT2D eigenvalue weighted by atomic mass is 10.1. The second kappa shape index (κ2) is 6.58. The number of nitrogens with zero attached hydrogens (tertiary/aromatic N) is 1. The number of aromatic nitrogens is 1. The lowest BCUT2D eigenvalue weighted by Gasteiger charge is -2.12.